The zero-order chi connectivity index (χ0) is 14.5. The predicted molar refractivity (Wildman–Crippen MR) is 74.4 cm³/mol. The molecule has 1 saturated heterocycles. The average molecular weight is 275 g/mol. The number of hydrogen-bond donors (Lipinski definition) is 1. The van der Waals surface area contributed by atoms with Crippen molar-refractivity contribution >= 4 is 18.0 Å². The van der Waals surface area contributed by atoms with Gasteiger partial charge in [0.1, 0.15) is 5.75 Å². The van der Waals surface area contributed by atoms with Crippen LogP contribution in [0.5, 0.6) is 5.75 Å². The Hall–Kier alpha value is -2.30. The Morgan fingerprint density at radius 1 is 1.45 bits per heavy atom. The van der Waals surface area contributed by atoms with Gasteiger partial charge in [-0.05, 0) is 30.2 Å². The molecule has 0 radical (unpaired) electrons. The molecule has 0 saturated carbocycles. The minimum Gasteiger partial charge on any atom is -0.497 e. The first-order chi connectivity index (χ1) is 9.60. The van der Waals surface area contributed by atoms with E-state index in [0.717, 1.165) is 11.3 Å². The maximum Gasteiger partial charge on any atom is 0.308 e. The van der Waals surface area contributed by atoms with Gasteiger partial charge >= 0.3 is 5.97 Å². The van der Waals surface area contributed by atoms with Crippen molar-refractivity contribution in [3.63, 3.8) is 0 Å². The Labute approximate surface area is 117 Å². The van der Waals surface area contributed by atoms with Gasteiger partial charge in [-0.3, -0.25) is 9.59 Å². The van der Waals surface area contributed by atoms with E-state index in [1.165, 1.54) is 6.08 Å². The molecule has 1 aliphatic heterocycles. The third kappa shape index (κ3) is 3.38. The fourth-order valence-corrected chi connectivity index (χ4v) is 2.18. The first-order valence-corrected chi connectivity index (χ1v) is 6.44. The van der Waals surface area contributed by atoms with Crippen LogP contribution in [0.25, 0.3) is 6.08 Å². The molecule has 1 aromatic rings. The van der Waals surface area contributed by atoms with Gasteiger partial charge in [-0.2, -0.15) is 0 Å². The second-order valence-corrected chi connectivity index (χ2v) is 4.72. The number of likely N-dealkylation sites (tertiary alicyclic amines) is 1. The molecule has 0 spiro atoms. The number of amides is 1. The highest BCUT2D eigenvalue weighted by Crippen LogP contribution is 2.17. The number of rotatable bonds is 4. The number of carboxylic acid groups (broad SMARTS) is 1. The Kier molecular flexibility index (Phi) is 4.40. The standard InChI is InChI=1S/C15H17NO4/c1-20-13-4-2-3-11(9-13)5-6-14(17)16-8-7-12(10-16)15(18)19/h2-6,9,12H,7-8,10H2,1H3,(H,18,19)/b6-5+/t12-/m1/s1. The zero-order valence-corrected chi connectivity index (χ0v) is 11.3. The molecule has 1 N–H and O–H groups in total. The smallest absolute Gasteiger partial charge is 0.308 e. The van der Waals surface area contributed by atoms with Crippen molar-refractivity contribution in [2.45, 2.75) is 6.42 Å². The molecule has 1 heterocycles. The minimum absolute atomic E-state index is 0.156. The van der Waals surface area contributed by atoms with Gasteiger partial charge in [0.05, 0.1) is 13.0 Å². The second kappa shape index (κ2) is 6.23. The molecule has 20 heavy (non-hydrogen) atoms. The molecule has 0 bridgehead atoms. The van der Waals surface area contributed by atoms with Crippen molar-refractivity contribution in [3.05, 3.63) is 35.9 Å². The van der Waals surface area contributed by atoms with Gasteiger partial charge in [-0.1, -0.05) is 12.1 Å². The van der Waals surface area contributed by atoms with Gasteiger partial charge in [0.25, 0.3) is 0 Å². The summed E-state index contributed by atoms with van der Waals surface area (Å²) in [6, 6.07) is 7.38. The highest BCUT2D eigenvalue weighted by Gasteiger charge is 2.29. The number of hydrogen-bond acceptors (Lipinski definition) is 3. The van der Waals surface area contributed by atoms with Crippen LogP contribution in [0.15, 0.2) is 30.3 Å². The second-order valence-electron chi connectivity index (χ2n) is 4.72. The number of nitrogens with zero attached hydrogens (tertiary/aromatic N) is 1. The SMILES string of the molecule is COc1cccc(/C=C/C(=O)N2CC[C@@H](C(=O)O)C2)c1. The highest BCUT2D eigenvalue weighted by molar-refractivity contribution is 5.92. The molecule has 5 nitrogen and oxygen atoms in total. The van der Waals surface area contributed by atoms with E-state index in [1.54, 1.807) is 18.1 Å². The van der Waals surface area contributed by atoms with E-state index in [2.05, 4.69) is 0 Å². The predicted octanol–water partition coefficient (Wildman–Crippen LogP) is 1.64. The van der Waals surface area contributed by atoms with Gasteiger partial charge in [0.15, 0.2) is 0 Å². The normalized spacial score (nSPS) is 18.4. The fraction of sp³-hybridized carbons (Fsp3) is 0.333. The lowest BCUT2D eigenvalue weighted by atomic mass is 10.1. The van der Waals surface area contributed by atoms with Crippen molar-refractivity contribution in [1.82, 2.24) is 4.90 Å². The van der Waals surface area contributed by atoms with Crippen LogP contribution in [-0.2, 0) is 9.59 Å². The van der Waals surface area contributed by atoms with Crippen LogP contribution < -0.4 is 4.74 Å². The molecule has 0 aromatic heterocycles. The van der Waals surface area contributed by atoms with Crippen LogP contribution >= 0.6 is 0 Å². The molecular weight excluding hydrogens is 258 g/mol. The Bertz CT molecular complexity index is 538. The van der Waals surface area contributed by atoms with Crippen molar-refractivity contribution < 1.29 is 19.4 Å². The van der Waals surface area contributed by atoms with E-state index in [1.807, 2.05) is 24.3 Å². The molecular formula is C15H17NO4. The quantitative estimate of drug-likeness (QED) is 0.848. The summed E-state index contributed by atoms with van der Waals surface area (Å²) < 4.78 is 5.11. The molecule has 1 fully saturated rings. The van der Waals surface area contributed by atoms with E-state index in [-0.39, 0.29) is 12.5 Å². The maximum absolute atomic E-state index is 12.0. The summed E-state index contributed by atoms with van der Waals surface area (Å²) in [5, 5.41) is 8.91. The van der Waals surface area contributed by atoms with Crippen molar-refractivity contribution in [2.75, 3.05) is 20.2 Å². The summed E-state index contributed by atoms with van der Waals surface area (Å²) >= 11 is 0. The van der Waals surface area contributed by atoms with Gasteiger partial charge in [0, 0.05) is 19.2 Å². The first kappa shape index (κ1) is 14.1. The third-order valence-electron chi connectivity index (χ3n) is 3.36. The van der Waals surface area contributed by atoms with E-state index in [9.17, 15) is 9.59 Å². The summed E-state index contributed by atoms with van der Waals surface area (Å²) in [5.74, 6) is -0.704. The van der Waals surface area contributed by atoms with Crippen LogP contribution in [0.2, 0.25) is 0 Å². The lowest BCUT2D eigenvalue weighted by molar-refractivity contribution is -0.141. The molecule has 0 unspecified atom stereocenters. The molecule has 0 aliphatic carbocycles. The zero-order valence-electron chi connectivity index (χ0n) is 11.3. The lowest BCUT2D eigenvalue weighted by Gasteiger charge is -2.12. The number of carbonyl (C=O) groups excluding carboxylic acids is 1. The Morgan fingerprint density at radius 2 is 2.25 bits per heavy atom. The Morgan fingerprint density at radius 3 is 2.90 bits per heavy atom. The summed E-state index contributed by atoms with van der Waals surface area (Å²) in [6.07, 6.45) is 3.70. The topological polar surface area (TPSA) is 66.8 Å². The molecule has 1 aromatic carbocycles. The summed E-state index contributed by atoms with van der Waals surface area (Å²) in [7, 11) is 1.59. The van der Waals surface area contributed by atoms with Crippen molar-refractivity contribution in [1.29, 1.82) is 0 Å². The largest absolute Gasteiger partial charge is 0.497 e. The fourth-order valence-electron chi connectivity index (χ4n) is 2.18. The monoisotopic (exact) mass is 275 g/mol. The van der Waals surface area contributed by atoms with Crippen molar-refractivity contribution in [2.24, 2.45) is 5.92 Å². The van der Waals surface area contributed by atoms with Gasteiger partial charge in [-0.25, -0.2) is 0 Å². The molecule has 1 amide bonds. The van der Waals surface area contributed by atoms with Crippen LogP contribution in [0, 0.1) is 5.92 Å². The van der Waals surface area contributed by atoms with E-state index in [4.69, 9.17) is 9.84 Å². The van der Waals surface area contributed by atoms with Crippen LogP contribution in [0.3, 0.4) is 0 Å². The minimum atomic E-state index is -0.836. The number of aliphatic carboxylic acids is 1. The number of methoxy groups -OCH3 is 1. The molecule has 1 aliphatic rings. The van der Waals surface area contributed by atoms with Crippen LogP contribution in [0.1, 0.15) is 12.0 Å². The van der Waals surface area contributed by atoms with E-state index in [0.29, 0.717) is 13.0 Å². The number of benzene rings is 1. The first-order valence-electron chi connectivity index (χ1n) is 6.44. The summed E-state index contributed by atoms with van der Waals surface area (Å²) in [6.45, 7) is 0.787. The molecule has 5 heteroatoms. The molecule has 1 atom stereocenters. The highest BCUT2D eigenvalue weighted by atomic mass is 16.5. The van der Waals surface area contributed by atoms with Gasteiger partial charge < -0.3 is 14.7 Å². The van der Waals surface area contributed by atoms with Gasteiger partial charge in [0.2, 0.25) is 5.91 Å². The van der Waals surface area contributed by atoms with Gasteiger partial charge in [-0.15, -0.1) is 0 Å². The summed E-state index contributed by atoms with van der Waals surface area (Å²) in [4.78, 5) is 24.4. The van der Waals surface area contributed by atoms with Crippen LogP contribution in [0.4, 0.5) is 0 Å². The number of carboxylic acids is 1. The Balaban J connectivity index is 1.97. The van der Waals surface area contributed by atoms with E-state index < -0.39 is 11.9 Å². The number of ether oxygens (including phenoxy) is 1. The van der Waals surface area contributed by atoms with Crippen molar-refractivity contribution in [3.8, 4) is 5.75 Å². The lowest BCUT2D eigenvalue weighted by Crippen LogP contribution is -2.28. The summed E-state index contributed by atoms with van der Waals surface area (Å²) in [5.41, 5.74) is 0.867. The van der Waals surface area contributed by atoms with Crippen LogP contribution in [-0.4, -0.2) is 42.1 Å². The average Bonchev–Trinajstić information content (AvgIpc) is 2.95. The number of carbonyl (C=O) groups is 2. The van der Waals surface area contributed by atoms with E-state index >= 15 is 0 Å². The molecule has 2 rings (SSSR count). The molecule has 106 valence electrons. The third-order valence-corrected chi connectivity index (χ3v) is 3.36. The maximum atomic E-state index is 12.0.